The van der Waals surface area contributed by atoms with Gasteiger partial charge in [0.05, 0.1) is 12.1 Å². The summed E-state index contributed by atoms with van der Waals surface area (Å²) in [7, 11) is 0. The predicted molar refractivity (Wildman–Crippen MR) is 81.1 cm³/mol. The quantitative estimate of drug-likeness (QED) is 0.444. The largest absolute Gasteiger partial charge is 0.464 e. The summed E-state index contributed by atoms with van der Waals surface area (Å²) < 4.78 is 7.66. The molecule has 5 nitrogen and oxygen atoms in total. The van der Waals surface area contributed by atoms with Gasteiger partial charge in [0.2, 0.25) is 0 Å². The third-order valence-corrected chi connectivity index (χ3v) is 3.64. The maximum atomic E-state index is 11.6. The fourth-order valence-corrected chi connectivity index (χ4v) is 2.58. The average molecular weight is 304 g/mol. The van der Waals surface area contributed by atoms with Crippen molar-refractivity contribution in [3.05, 3.63) is 58.6 Å². The molecule has 2 aromatic heterocycles. The summed E-state index contributed by atoms with van der Waals surface area (Å²) >= 11 is 5.98. The van der Waals surface area contributed by atoms with Crippen molar-refractivity contribution in [3.63, 3.8) is 0 Å². The third-order valence-electron chi connectivity index (χ3n) is 3.40. The standard InChI is InChI=1S/C15H14ClN3O2/c1-9-13(15(20)18-17)7-12(21-9)8-19-5-4-10-6-11(16)2-3-14(10)19/h2-7H,8,17H2,1H3,(H,18,20). The number of rotatable bonds is 3. The van der Waals surface area contributed by atoms with E-state index in [4.69, 9.17) is 21.9 Å². The number of hydrogen-bond acceptors (Lipinski definition) is 3. The molecular weight excluding hydrogens is 290 g/mol. The molecule has 0 atom stereocenters. The molecule has 3 aromatic rings. The normalized spacial score (nSPS) is 11.0. The molecule has 3 rings (SSSR count). The maximum Gasteiger partial charge on any atom is 0.268 e. The number of carbonyl (C=O) groups is 1. The van der Waals surface area contributed by atoms with Gasteiger partial charge < -0.3 is 8.98 Å². The van der Waals surface area contributed by atoms with Crippen LogP contribution in [0, 0.1) is 6.92 Å². The SMILES string of the molecule is Cc1oc(Cn2ccc3cc(Cl)ccc32)cc1C(=O)NN. The van der Waals surface area contributed by atoms with Crippen LogP contribution in [0.5, 0.6) is 0 Å². The van der Waals surface area contributed by atoms with Crippen molar-refractivity contribution in [3.8, 4) is 0 Å². The van der Waals surface area contributed by atoms with Gasteiger partial charge in [0.15, 0.2) is 0 Å². The number of halogens is 1. The number of furan rings is 1. The lowest BCUT2D eigenvalue weighted by atomic mass is 10.2. The lowest BCUT2D eigenvalue weighted by Crippen LogP contribution is -2.30. The monoisotopic (exact) mass is 303 g/mol. The van der Waals surface area contributed by atoms with Gasteiger partial charge in [0.1, 0.15) is 11.5 Å². The number of hydrazine groups is 1. The Morgan fingerprint density at radius 1 is 1.38 bits per heavy atom. The van der Waals surface area contributed by atoms with Crippen LogP contribution < -0.4 is 11.3 Å². The number of nitrogens with one attached hydrogen (secondary N) is 1. The number of nitrogen functional groups attached to an aromatic ring is 1. The number of hydrogen-bond donors (Lipinski definition) is 2. The molecule has 0 fully saturated rings. The van der Waals surface area contributed by atoms with Crippen LogP contribution in [0.4, 0.5) is 0 Å². The number of aromatic nitrogens is 1. The predicted octanol–water partition coefficient (Wildman–Crippen LogP) is 2.85. The highest BCUT2D eigenvalue weighted by Gasteiger charge is 2.14. The highest BCUT2D eigenvalue weighted by molar-refractivity contribution is 6.31. The minimum Gasteiger partial charge on any atom is -0.464 e. The first-order valence-electron chi connectivity index (χ1n) is 6.43. The zero-order valence-electron chi connectivity index (χ0n) is 11.4. The average Bonchev–Trinajstić information content (AvgIpc) is 3.02. The second-order valence-electron chi connectivity index (χ2n) is 4.80. The van der Waals surface area contributed by atoms with Crippen LogP contribution in [-0.4, -0.2) is 10.5 Å². The van der Waals surface area contributed by atoms with Gasteiger partial charge in [-0.25, -0.2) is 5.84 Å². The van der Waals surface area contributed by atoms with E-state index in [0.717, 1.165) is 10.9 Å². The zero-order valence-corrected chi connectivity index (χ0v) is 12.1. The molecule has 1 aromatic carbocycles. The molecule has 0 radical (unpaired) electrons. The summed E-state index contributed by atoms with van der Waals surface area (Å²) in [6, 6.07) is 9.42. The first kappa shape index (κ1) is 13.7. The molecule has 6 heteroatoms. The van der Waals surface area contributed by atoms with E-state index in [0.29, 0.717) is 28.7 Å². The molecule has 0 aliphatic carbocycles. The maximum absolute atomic E-state index is 11.6. The molecule has 0 spiro atoms. The van der Waals surface area contributed by atoms with Crippen molar-refractivity contribution in [2.24, 2.45) is 5.84 Å². The van der Waals surface area contributed by atoms with Gasteiger partial charge in [-0.3, -0.25) is 10.2 Å². The number of carbonyl (C=O) groups excluding carboxylic acids is 1. The van der Waals surface area contributed by atoms with Gasteiger partial charge in [-0.2, -0.15) is 0 Å². The molecule has 0 saturated carbocycles. The molecule has 0 unspecified atom stereocenters. The number of nitrogens with two attached hydrogens (primary N) is 1. The van der Waals surface area contributed by atoms with E-state index in [2.05, 4.69) is 5.43 Å². The van der Waals surface area contributed by atoms with E-state index in [9.17, 15) is 4.79 Å². The van der Waals surface area contributed by atoms with Crippen LogP contribution in [-0.2, 0) is 6.54 Å². The van der Waals surface area contributed by atoms with Crippen molar-refractivity contribution in [2.75, 3.05) is 0 Å². The van der Waals surface area contributed by atoms with Crippen LogP contribution in [0.15, 0.2) is 40.9 Å². The summed E-state index contributed by atoms with van der Waals surface area (Å²) in [5, 5.41) is 1.77. The highest BCUT2D eigenvalue weighted by Crippen LogP contribution is 2.22. The molecule has 0 bridgehead atoms. The van der Waals surface area contributed by atoms with Crippen LogP contribution in [0.25, 0.3) is 10.9 Å². The number of amides is 1. The number of aryl methyl sites for hydroxylation is 1. The molecular formula is C15H14ClN3O2. The molecule has 108 valence electrons. The third kappa shape index (κ3) is 2.53. The van der Waals surface area contributed by atoms with Gasteiger partial charge in [0.25, 0.3) is 5.91 Å². The minimum atomic E-state index is -0.355. The number of nitrogens with zero attached hydrogens (tertiary/aromatic N) is 1. The Morgan fingerprint density at radius 3 is 2.95 bits per heavy atom. The molecule has 0 aliphatic rings. The lowest BCUT2D eigenvalue weighted by Gasteiger charge is -2.02. The van der Waals surface area contributed by atoms with E-state index in [-0.39, 0.29) is 5.91 Å². The van der Waals surface area contributed by atoms with Gasteiger partial charge >= 0.3 is 0 Å². The number of benzene rings is 1. The molecule has 21 heavy (non-hydrogen) atoms. The first-order chi connectivity index (χ1) is 10.1. The summed E-state index contributed by atoms with van der Waals surface area (Å²) in [6.45, 7) is 2.27. The van der Waals surface area contributed by atoms with Gasteiger partial charge in [-0.1, -0.05) is 11.6 Å². The van der Waals surface area contributed by atoms with Gasteiger partial charge in [-0.05, 0) is 37.3 Å². The van der Waals surface area contributed by atoms with Crippen LogP contribution in [0.3, 0.4) is 0 Å². The van der Waals surface area contributed by atoms with E-state index >= 15 is 0 Å². The molecule has 2 heterocycles. The first-order valence-corrected chi connectivity index (χ1v) is 6.81. The van der Waals surface area contributed by atoms with Crippen molar-refractivity contribution in [1.29, 1.82) is 0 Å². The van der Waals surface area contributed by atoms with Crippen molar-refractivity contribution in [1.82, 2.24) is 9.99 Å². The second-order valence-corrected chi connectivity index (χ2v) is 5.24. The Kier molecular flexibility index (Phi) is 3.45. The Labute approximate surface area is 126 Å². The molecule has 0 aliphatic heterocycles. The van der Waals surface area contributed by atoms with Crippen LogP contribution >= 0.6 is 11.6 Å². The van der Waals surface area contributed by atoms with Crippen molar-refractivity contribution >= 4 is 28.4 Å². The van der Waals surface area contributed by atoms with E-state index in [1.54, 1.807) is 13.0 Å². The summed E-state index contributed by atoms with van der Waals surface area (Å²) in [6.07, 6.45) is 1.96. The molecule has 1 amide bonds. The molecule has 3 N–H and O–H groups in total. The Hall–Kier alpha value is -2.24. The van der Waals surface area contributed by atoms with Crippen molar-refractivity contribution in [2.45, 2.75) is 13.5 Å². The molecule has 0 saturated heterocycles. The Bertz CT molecular complexity index is 820. The minimum absolute atomic E-state index is 0.355. The summed E-state index contributed by atoms with van der Waals surface area (Å²) in [4.78, 5) is 11.6. The summed E-state index contributed by atoms with van der Waals surface area (Å²) in [5.41, 5.74) is 3.61. The van der Waals surface area contributed by atoms with E-state index < -0.39 is 0 Å². The highest BCUT2D eigenvalue weighted by atomic mass is 35.5. The fraction of sp³-hybridized carbons (Fsp3) is 0.133. The van der Waals surface area contributed by atoms with Crippen molar-refractivity contribution < 1.29 is 9.21 Å². The van der Waals surface area contributed by atoms with Crippen LogP contribution in [0.1, 0.15) is 21.9 Å². The zero-order chi connectivity index (χ0) is 15.0. The number of fused-ring (bicyclic) bond motifs is 1. The van der Waals surface area contributed by atoms with E-state index in [1.165, 1.54) is 0 Å². The second kappa shape index (κ2) is 5.27. The van der Waals surface area contributed by atoms with Crippen LogP contribution in [0.2, 0.25) is 5.02 Å². The fourth-order valence-electron chi connectivity index (χ4n) is 2.40. The smallest absolute Gasteiger partial charge is 0.268 e. The van der Waals surface area contributed by atoms with E-state index in [1.807, 2.05) is 35.0 Å². The van der Waals surface area contributed by atoms with Gasteiger partial charge in [0, 0.05) is 22.1 Å². The van der Waals surface area contributed by atoms with Gasteiger partial charge in [-0.15, -0.1) is 0 Å². The summed E-state index contributed by atoms with van der Waals surface area (Å²) in [5.74, 6) is 6.03. The topological polar surface area (TPSA) is 73.2 Å². The lowest BCUT2D eigenvalue weighted by molar-refractivity contribution is 0.0952. The Morgan fingerprint density at radius 2 is 2.19 bits per heavy atom. The Balaban J connectivity index is 1.94.